The first-order valence-electron chi connectivity index (χ1n) is 9.07. The second kappa shape index (κ2) is 7.48. The summed E-state index contributed by atoms with van der Waals surface area (Å²) in [4.78, 5) is 23.3. The number of carbonyl (C=O) groups excluding carboxylic acids is 2. The number of esters is 1. The van der Waals surface area contributed by atoms with Crippen LogP contribution in [-0.4, -0.2) is 52.7 Å². The van der Waals surface area contributed by atoms with Gasteiger partial charge in [-0.05, 0) is 22.3 Å². The highest BCUT2D eigenvalue weighted by Crippen LogP contribution is 2.44. The maximum Gasteiger partial charge on any atom is 0.407 e. The molecule has 4 N–H and O–H groups in total. The fourth-order valence-corrected chi connectivity index (χ4v) is 3.67. The number of cyclic esters (lactones) is 1. The zero-order valence-electron chi connectivity index (χ0n) is 15.2. The van der Waals surface area contributed by atoms with Gasteiger partial charge >= 0.3 is 12.1 Å². The van der Waals surface area contributed by atoms with Gasteiger partial charge in [-0.25, -0.2) is 9.59 Å². The van der Waals surface area contributed by atoms with Crippen LogP contribution in [0, 0.1) is 0 Å². The molecule has 8 nitrogen and oxygen atoms in total. The lowest BCUT2D eigenvalue weighted by molar-refractivity contribution is -0.146. The van der Waals surface area contributed by atoms with E-state index in [-0.39, 0.29) is 19.1 Å². The summed E-state index contributed by atoms with van der Waals surface area (Å²) < 4.78 is 9.97. The number of carbonyl (C=O) groups is 2. The Kier molecular flexibility index (Phi) is 4.85. The molecule has 29 heavy (non-hydrogen) atoms. The molecule has 1 amide bonds. The van der Waals surface area contributed by atoms with Gasteiger partial charge in [0, 0.05) is 5.92 Å². The average Bonchev–Trinajstić information content (AvgIpc) is 3.20. The van der Waals surface area contributed by atoms with Gasteiger partial charge < -0.3 is 30.1 Å². The van der Waals surface area contributed by atoms with E-state index in [2.05, 4.69) is 10.1 Å². The van der Waals surface area contributed by atoms with Crippen molar-refractivity contribution in [2.45, 2.75) is 18.1 Å². The largest absolute Gasteiger partial charge is 0.505 e. The lowest BCUT2D eigenvalue weighted by Gasteiger charge is -2.18. The van der Waals surface area contributed by atoms with Crippen molar-refractivity contribution in [1.29, 1.82) is 0 Å². The van der Waals surface area contributed by atoms with E-state index in [1.54, 1.807) is 0 Å². The van der Waals surface area contributed by atoms with Crippen molar-refractivity contribution >= 4 is 12.1 Å². The molecule has 0 fully saturated rings. The van der Waals surface area contributed by atoms with Crippen molar-refractivity contribution in [2.75, 3.05) is 13.2 Å². The summed E-state index contributed by atoms with van der Waals surface area (Å²) in [5.74, 6) is -2.95. The van der Waals surface area contributed by atoms with Gasteiger partial charge in [-0.2, -0.15) is 0 Å². The molecule has 0 bridgehead atoms. The molecule has 2 aliphatic rings. The number of fused-ring (bicyclic) bond motifs is 3. The van der Waals surface area contributed by atoms with Crippen LogP contribution in [0.5, 0.6) is 0 Å². The molecular formula is C21H19NO7. The molecule has 2 aromatic carbocycles. The first kappa shape index (κ1) is 18.8. The van der Waals surface area contributed by atoms with E-state index >= 15 is 0 Å². The fourth-order valence-electron chi connectivity index (χ4n) is 3.67. The van der Waals surface area contributed by atoms with Crippen LogP contribution in [0.4, 0.5) is 4.79 Å². The van der Waals surface area contributed by atoms with Crippen molar-refractivity contribution in [1.82, 2.24) is 5.32 Å². The van der Waals surface area contributed by atoms with E-state index in [1.165, 1.54) is 0 Å². The van der Waals surface area contributed by atoms with Crippen molar-refractivity contribution in [3.8, 4) is 11.1 Å². The fraction of sp³-hybridized carbons (Fsp3) is 0.238. The Morgan fingerprint density at radius 1 is 1.07 bits per heavy atom. The minimum absolute atomic E-state index is 0.0993. The Morgan fingerprint density at radius 3 is 2.21 bits per heavy atom. The molecule has 1 aliphatic heterocycles. The molecule has 2 atom stereocenters. The maximum atomic E-state index is 12.1. The molecule has 1 aliphatic carbocycles. The Bertz CT molecular complexity index is 955. The highest BCUT2D eigenvalue weighted by atomic mass is 16.6. The van der Waals surface area contributed by atoms with Crippen LogP contribution in [0.25, 0.3) is 11.1 Å². The molecule has 0 spiro atoms. The summed E-state index contributed by atoms with van der Waals surface area (Å²) in [7, 11) is 0. The molecule has 0 aromatic heterocycles. The number of rotatable bonds is 5. The van der Waals surface area contributed by atoms with E-state index in [0.717, 1.165) is 22.3 Å². The van der Waals surface area contributed by atoms with Crippen LogP contribution in [0.15, 0.2) is 60.0 Å². The number of benzene rings is 2. The lowest BCUT2D eigenvalue weighted by Crippen LogP contribution is -2.40. The quantitative estimate of drug-likeness (QED) is 0.570. The average molecular weight is 397 g/mol. The Hall–Kier alpha value is -3.52. The van der Waals surface area contributed by atoms with Crippen LogP contribution in [0.3, 0.4) is 0 Å². The van der Waals surface area contributed by atoms with Crippen molar-refractivity contribution in [3.63, 3.8) is 0 Å². The van der Waals surface area contributed by atoms with E-state index in [4.69, 9.17) is 4.74 Å². The van der Waals surface area contributed by atoms with E-state index in [1.807, 2.05) is 48.5 Å². The van der Waals surface area contributed by atoms with Crippen LogP contribution < -0.4 is 5.32 Å². The number of ether oxygens (including phenoxy) is 2. The molecular weight excluding hydrogens is 378 g/mol. The van der Waals surface area contributed by atoms with E-state index in [0.29, 0.717) is 0 Å². The number of amides is 1. The molecule has 0 saturated carbocycles. The van der Waals surface area contributed by atoms with Crippen molar-refractivity contribution in [2.24, 2.45) is 0 Å². The van der Waals surface area contributed by atoms with Crippen molar-refractivity contribution < 1.29 is 34.4 Å². The third-order valence-electron chi connectivity index (χ3n) is 5.09. The molecule has 0 unspecified atom stereocenters. The van der Waals surface area contributed by atoms with Gasteiger partial charge in [0.1, 0.15) is 12.7 Å². The van der Waals surface area contributed by atoms with Crippen LogP contribution in [0.2, 0.25) is 0 Å². The third-order valence-corrected chi connectivity index (χ3v) is 5.09. The maximum absolute atomic E-state index is 12.1. The van der Waals surface area contributed by atoms with Crippen LogP contribution in [0.1, 0.15) is 17.0 Å². The summed E-state index contributed by atoms with van der Waals surface area (Å²) >= 11 is 0. The Balaban J connectivity index is 1.35. The second-order valence-electron chi connectivity index (χ2n) is 6.83. The van der Waals surface area contributed by atoms with E-state index in [9.17, 15) is 24.9 Å². The van der Waals surface area contributed by atoms with Crippen LogP contribution in [-0.2, 0) is 14.3 Å². The van der Waals surface area contributed by atoms with Gasteiger partial charge in [-0.15, -0.1) is 0 Å². The second-order valence-corrected chi connectivity index (χ2v) is 6.83. The summed E-state index contributed by atoms with van der Waals surface area (Å²) in [6.45, 7) is -0.230. The highest BCUT2D eigenvalue weighted by Gasteiger charge is 2.39. The summed E-state index contributed by atoms with van der Waals surface area (Å²) in [5, 5.41) is 31.2. The molecule has 1 heterocycles. The first-order chi connectivity index (χ1) is 14.0. The topological polar surface area (TPSA) is 125 Å². The number of aliphatic hydroxyl groups excluding tert-OH is 3. The van der Waals surface area contributed by atoms with Gasteiger partial charge in [0.05, 0.1) is 6.54 Å². The first-order valence-corrected chi connectivity index (χ1v) is 9.07. The summed E-state index contributed by atoms with van der Waals surface area (Å²) in [6.07, 6.45) is -3.64. The number of aliphatic hydroxyl groups is 3. The predicted molar refractivity (Wildman–Crippen MR) is 101 cm³/mol. The minimum atomic E-state index is -1.44. The number of hydrogen-bond acceptors (Lipinski definition) is 7. The van der Waals surface area contributed by atoms with Gasteiger partial charge in [-0.1, -0.05) is 48.5 Å². The molecule has 8 heteroatoms. The van der Waals surface area contributed by atoms with Gasteiger partial charge in [0.15, 0.2) is 11.9 Å². The molecule has 4 rings (SSSR count). The Morgan fingerprint density at radius 2 is 1.66 bits per heavy atom. The highest BCUT2D eigenvalue weighted by molar-refractivity contribution is 5.89. The predicted octanol–water partition coefficient (Wildman–Crippen LogP) is 2.14. The molecule has 0 saturated heterocycles. The van der Waals surface area contributed by atoms with Crippen LogP contribution >= 0.6 is 0 Å². The number of hydrogen-bond donors (Lipinski definition) is 4. The normalized spacial score (nSPS) is 18.8. The number of alkyl carbamates (subject to hydrolysis) is 1. The van der Waals surface area contributed by atoms with Gasteiger partial charge in [-0.3, -0.25) is 0 Å². The standard InChI is InChI=1S/C21H19NO7/c23-16(19-17(24)18(25)20(26)29-19)9-22-21(27)28-10-15-13-7-3-1-5-11(13)12-6-2-4-8-14(12)15/h1-8,15-16,19,23-25H,9-10H2,(H,22,27)/t16-,19+/m0/s1. The third kappa shape index (κ3) is 3.38. The zero-order valence-corrected chi connectivity index (χ0v) is 15.2. The van der Waals surface area contributed by atoms with Crippen molar-refractivity contribution in [3.05, 3.63) is 71.2 Å². The monoisotopic (exact) mass is 397 g/mol. The van der Waals surface area contributed by atoms with E-state index < -0.39 is 35.8 Å². The molecule has 0 radical (unpaired) electrons. The summed E-state index contributed by atoms with van der Waals surface area (Å²) in [5.41, 5.74) is 4.37. The molecule has 150 valence electrons. The SMILES string of the molecule is O=C(NC[C@H](O)[C@H]1OC(=O)C(O)=C1O)OCC1c2ccccc2-c2ccccc21. The summed E-state index contributed by atoms with van der Waals surface area (Å²) in [6, 6.07) is 15.9. The molecule has 2 aromatic rings. The smallest absolute Gasteiger partial charge is 0.407 e. The van der Waals surface area contributed by atoms with Gasteiger partial charge in [0.25, 0.3) is 0 Å². The zero-order chi connectivity index (χ0) is 20.5. The lowest BCUT2D eigenvalue weighted by atomic mass is 9.98. The Labute approximate surface area is 166 Å². The minimum Gasteiger partial charge on any atom is -0.505 e. The number of nitrogens with one attached hydrogen (secondary N) is 1. The van der Waals surface area contributed by atoms with Gasteiger partial charge in [0.2, 0.25) is 5.76 Å².